The van der Waals surface area contributed by atoms with Crippen molar-refractivity contribution in [1.29, 1.82) is 0 Å². The third kappa shape index (κ3) is 5.64. The number of ether oxygens (including phenoxy) is 2. The number of rotatable bonds is 9. The molecule has 0 spiro atoms. The first-order valence-corrected chi connectivity index (χ1v) is 9.26. The van der Waals surface area contributed by atoms with Gasteiger partial charge in [0.1, 0.15) is 0 Å². The number of carboxylic acid groups (broad SMARTS) is 1. The molecule has 1 atom stereocenters. The smallest absolute Gasteiger partial charge is 0.308 e. The fourth-order valence-electron chi connectivity index (χ4n) is 3.25. The van der Waals surface area contributed by atoms with Gasteiger partial charge in [-0.05, 0) is 56.2 Å². The van der Waals surface area contributed by atoms with E-state index in [4.69, 9.17) is 9.47 Å². The molecule has 1 fully saturated rings. The van der Waals surface area contributed by atoms with Crippen molar-refractivity contribution in [2.24, 2.45) is 11.8 Å². The van der Waals surface area contributed by atoms with Gasteiger partial charge in [-0.1, -0.05) is 13.8 Å². The molecule has 0 radical (unpaired) electrons. The molecule has 0 aliphatic heterocycles. The molecule has 0 heterocycles. The lowest BCUT2D eigenvalue weighted by Gasteiger charge is -2.17. The van der Waals surface area contributed by atoms with E-state index in [1.54, 1.807) is 25.3 Å². The lowest BCUT2D eigenvalue weighted by molar-refractivity contribution is -0.142. The molecule has 1 saturated carbocycles. The highest BCUT2D eigenvalue weighted by molar-refractivity contribution is 5.95. The molecule has 2 rings (SSSR count). The van der Waals surface area contributed by atoms with Gasteiger partial charge in [0.15, 0.2) is 11.5 Å². The quantitative estimate of drug-likeness (QED) is 0.701. The number of amides is 1. The van der Waals surface area contributed by atoms with Gasteiger partial charge in [-0.2, -0.15) is 0 Å². The highest BCUT2D eigenvalue weighted by Crippen LogP contribution is 2.32. The van der Waals surface area contributed by atoms with E-state index in [0.29, 0.717) is 23.5 Å². The van der Waals surface area contributed by atoms with Crippen LogP contribution in [0.3, 0.4) is 0 Å². The monoisotopic (exact) mass is 363 g/mol. The van der Waals surface area contributed by atoms with Gasteiger partial charge in [0.25, 0.3) is 5.91 Å². The zero-order chi connectivity index (χ0) is 19.1. The van der Waals surface area contributed by atoms with Gasteiger partial charge in [0, 0.05) is 12.1 Å². The Labute approximate surface area is 154 Å². The van der Waals surface area contributed by atoms with E-state index in [1.165, 1.54) is 12.8 Å². The SMILES string of the molecule is COc1cc(C(=O)NCC(CC(C)C)C(=O)O)ccc1OC1CCCC1. The van der Waals surface area contributed by atoms with Crippen LogP contribution in [0.15, 0.2) is 18.2 Å². The number of aliphatic carboxylic acids is 1. The van der Waals surface area contributed by atoms with Crippen molar-refractivity contribution in [2.75, 3.05) is 13.7 Å². The topological polar surface area (TPSA) is 84.9 Å². The molecule has 144 valence electrons. The minimum Gasteiger partial charge on any atom is -0.493 e. The Kier molecular flexibility index (Phi) is 7.30. The van der Waals surface area contributed by atoms with Crippen molar-refractivity contribution in [3.63, 3.8) is 0 Å². The summed E-state index contributed by atoms with van der Waals surface area (Å²) in [6, 6.07) is 5.06. The van der Waals surface area contributed by atoms with E-state index >= 15 is 0 Å². The predicted octanol–water partition coefficient (Wildman–Crippen LogP) is 3.49. The molecular weight excluding hydrogens is 334 g/mol. The summed E-state index contributed by atoms with van der Waals surface area (Å²) in [4.78, 5) is 23.7. The predicted molar refractivity (Wildman–Crippen MR) is 98.8 cm³/mol. The van der Waals surface area contributed by atoms with Gasteiger partial charge in [-0.15, -0.1) is 0 Å². The summed E-state index contributed by atoms with van der Waals surface area (Å²) < 4.78 is 11.3. The number of hydrogen-bond donors (Lipinski definition) is 2. The zero-order valence-corrected chi connectivity index (χ0v) is 15.8. The first kappa shape index (κ1) is 20.1. The van der Waals surface area contributed by atoms with Crippen LogP contribution < -0.4 is 14.8 Å². The number of carbonyl (C=O) groups is 2. The van der Waals surface area contributed by atoms with Crippen LogP contribution in [0.2, 0.25) is 0 Å². The molecule has 1 amide bonds. The normalized spacial score (nSPS) is 15.7. The van der Waals surface area contributed by atoms with Crippen LogP contribution in [-0.2, 0) is 4.79 Å². The van der Waals surface area contributed by atoms with E-state index in [9.17, 15) is 14.7 Å². The summed E-state index contributed by atoms with van der Waals surface area (Å²) in [7, 11) is 1.54. The van der Waals surface area contributed by atoms with Crippen LogP contribution in [0.4, 0.5) is 0 Å². The minimum absolute atomic E-state index is 0.106. The summed E-state index contributed by atoms with van der Waals surface area (Å²) in [5, 5.41) is 12.0. The van der Waals surface area contributed by atoms with Crippen molar-refractivity contribution >= 4 is 11.9 Å². The van der Waals surface area contributed by atoms with Gasteiger partial charge in [-0.25, -0.2) is 0 Å². The Bertz CT molecular complexity index is 623. The van der Waals surface area contributed by atoms with Crippen LogP contribution >= 0.6 is 0 Å². The van der Waals surface area contributed by atoms with Crippen LogP contribution in [0.5, 0.6) is 11.5 Å². The highest BCUT2D eigenvalue weighted by Gasteiger charge is 2.21. The molecule has 1 aromatic carbocycles. The zero-order valence-electron chi connectivity index (χ0n) is 15.8. The average molecular weight is 363 g/mol. The molecule has 2 N–H and O–H groups in total. The van der Waals surface area contributed by atoms with Crippen molar-refractivity contribution in [1.82, 2.24) is 5.32 Å². The number of nitrogens with one attached hydrogen (secondary N) is 1. The fraction of sp³-hybridized carbons (Fsp3) is 0.600. The molecular formula is C20H29NO5. The van der Waals surface area contributed by atoms with E-state index in [0.717, 1.165) is 12.8 Å². The maximum atomic E-state index is 12.4. The van der Waals surface area contributed by atoms with Gasteiger partial charge in [-0.3, -0.25) is 9.59 Å². The first-order chi connectivity index (χ1) is 12.4. The van der Waals surface area contributed by atoms with E-state index in [1.807, 2.05) is 13.8 Å². The standard InChI is InChI=1S/C20H29NO5/c1-13(2)10-15(20(23)24)12-21-19(22)14-8-9-17(18(11-14)25-3)26-16-6-4-5-7-16/h8-9,11,13,15-16H,4-7,10,12H2,1-3H3,(H,21,22)(H,23,24). The Morgan fingerprint density at radius 3 is 2.50 bits per heavy atom. The van der Waals surface area contributed by atoms with Gasteiger partial charge in [0.2, 0.25) is 0 Å². The van der Waals surface area contributed by atoms with Crippen molar-refractivity contribution in [2.45, 2.75) is 52.1 Å². The van der Waals surface area contributed by atoms with E-state index < -0.39 is 11.9 Å². The largest absolute Gasteiger partial charge is 0.493 e. The summed E-state index contributed by atoms with van der Waals surface area (Å²) in [6.45, 7) is 4.03. The molecule has 26 heavy (non-hydrogen) atoms. The van der Waals surface area contributed by atoms with E-state index in [-0.39, 0.29) is 24.5 Å². The number of methoxy groups -OCH3 is 1. The number of benzene rings is 1. The Hall–Kier alpha value is -2.24. The minimum atomic E-state index is -0.892. The second-order valence-corrected chi connectivity index (χ2v) is 7.26. The van der Waals surface area contributed by atoms with E-state index in [2.05, 4.69) is 5.32 Å². The number of carboxylic acids is 1. The third-order valence-corrected chi connectivity index (χ3v) is 4.64. The molecule has 1 aromatic rings. The summed E-state index contributed by atoms with van der Waals surface area (Å²) in [5.74, 6) is -0.394. The maximum Gasteiger partial charge on any atom is 0.308 e. The Morgan fingerprint density at radius 1 is 1.23 bits per heavy atom. The molecule has 1 unspecified atom stereocenters. The van der Waals surface area contributed by atoms with Crippen molar-refractivity contribution in [3.8, 4) is 11.5 Å². The summed E-state index contributed by atoms with van der Waals surface area (Å²) in [5.41, 5.74) is 0.425. The average Bonchev–Trinajstić information content (AvgIpc) is 3.11. The van der Waals surface area contributed by atoms with Crippen LogP contribution in [-0.4, -0.2) is 36.7 Å². The second kappa shape index (κ2) is 9.46. The van der Waals surface area contributed by atoms with Crippen LogP contribution in [0.25, 0.3) is 0 Å². The second-order valence-electron chi connectivity index (χ2n) is 7.26. The Morgan fingerprint density at radius 2 is 1.92 bits per heavy atom. The molecule has 1 aliphatic rings. The highest BCUT2D eigenvalue weighted by atomic mass is 16.5. The fourth-order valence-corrected chi connectivity index (χ4v) is 3.25. The lowest BCUT2D eigenvalue weighted by atomic mass is 9.97. The molecule has 0 aromatic heterocycles. The number of carbonyl (C=O) groups excluding carboxylic acids is 1. The molecule has 0 saturated heterocycles. The van der Waals surface area contributed by atoms with Crippen molar-refractivity contribution in [3.05, 3.63) is 23.8 Å². The van der Waals surface area contributed by atoms with Crippen LogP contribution in [0, 0.1) is 11.8 Å². The lowest BCUT2D eigenvalue weighted by Crippen LogP contribution is -2.33. The number of hydrogen-bond acceptors (Lipinski definition) is 4. The molecule has 0 bridgehead atoms. The van der Waals surface area contributed by atoms with Crippen LogP contribution in [0.1, 0.15) is 56.3 Å². The van der Waals surface area contributed by atoms with Gasteiger partial charge >= 0.3 is 5.97 Å². The van der Waals surface area contributed by atoms with Gasteiger partial charge < -0.3 is 19.9 Å². The first-order valence-electron chi connectivity index (χ1n) is 9.26. The summed E-state index contributed by atoms with van der Waals surface area (Å²) >= 11 is 0. The Balaban J connectivity index is 2.00. The van der Waals surface area contributed by atoms with Gasteiger partial charge in [0.05, 0.1) is 19.1 Å². The summed E-state index contributed by atoms with van der Waals surface area (Å²) in [6.07, 6.45) is 5.15. The molecule has 1 aliphatic carbocycles. The molecule has 6 nitrogen and oxygen atoms in total. The third-order valence-electron chi connectivity index (χ3n) is 4.64. The van der Waals surface area contributed by atoms with Crippen molar-refractivity contribution < 1.29 is 24.2 Å². The molecule has 6 heteroatoms. The maximum absolute atomic E-state index is 12.4.